The summed E-state index contributed by atoms with van der Waals surface area (Å²) >= 11 is 0. The Morgan fingerprint density at radius 2 is 1.61 bits per heavy atom. The van der Waals surface area contributed by atoms with Gasteiger partial charge in [-0.1, -0.05) is 13.8 Å². The highest BCUT2D eigenvalue weighted by Gasteiger charge is 2.17. The van der Waals surface area contributed by atoms with Gasteiger partial charge in [-0.25, -0.2) is 0 Å². The summed E-state index contributed by atoms with van der Waals surface area (Å²) in [6, 6.07) is 3.01. The molecule has 1 amide bonds. The van der Waals surface area contributed by atoms with E-state index >= 15 is 0 Å². The van der Waals surface area contributed by atoms with Crippen molar-refractivity contribution in [2.75, 3.05) is 21.3 Å². The zero-order valence-electron chi connectivity index (χ0n) is 14.3. The average molecular weight is 347 g/mol. The van der Waals surface area contributed by atoms with E-state index < -0.39 is 6.04 Å². The van der Waals surface area contributed by atoms with Crippen LogP contribution in [0.1, 0.15) is 25.8 Å². The van der Waals surface area contributed by atoms with Crippen molar-refractivity contribution in [2.45, 2.75) is 32.9 Å². The molecule has 6 nitrogen and oxygen atoms in total. The van der Waals surface area contributed by atoms with Gasteiger partial charge in [0.25, 0.3) is 0 Å². The van der Waals surface area contributed by atoms with Gasteiger partial charge in [-0.05, 0) is 18.4 Å². The fraction of sp³-hybridized carbons (Fsp3) is 0.562. The van der Waals surface area contributed by atoms with E-state index in [1.807, 2.05) is 13.8 Å². The van der Waals surface area contributed by atoms with E-state index in [-0.39, 0.29) is 18.3 Å². The number of carbonyl (C=O) groups excluding carboxylic acids is 1. The molecule has 0 aliphatic carbocycles. The van der Waals surface area contributed by atoms with E-state index in [1.165, 1.54) is 0 Å². The predicted octanol–water partition coefficient (Wildman–Crippen LogP) is 2.12. The molecule has 23 heavy (non-hydrogen) atoms. The highest BCUT2D eigenvalue weighted by Crippen LogP contribution is 2.34. The number of rotatable bonds is 8. The van der Waals surface area contributed by atoms with Gasteiger partial charge < -0.3 is 25.3 Å². The molecule has 0 saturated heterocycles. The van der Waals surface area contributed by atoms with Crippen LogP contribution >= 0.6 is 12.4 Å². The van der Waals surface area contributed by atoms with Crippen LogP contribution in [0.25, 0.3) is 0 Å². The molecular weight excluding hydrogens is 320 g/mol. The molecule has 1 aromatic carbocycles. The van der Waals surface area contributed by atoms with Crippen LogP contribution in [0.5, 0.6) is 17.2 Å². The Hall–Kier alpha value is -1.66. The third kappa shape index (κ3) is 6.15. The van der Waals surface area contributed by atoms with Crippen LogP contribution in [-0.2, 0) is 11.3 Å². The summed E-state index contributed by atoms with van der Waals surface area (Å²) < 4.78 is 15.8. The summed E-state index contributed by atoms with van der Waals surface area (Å²) in [6.07, 6.45) is 0.648. The number of hydrogen-bond donors (Lipinski definition) is 2. The Labute approximate surface area is 144 Å². The Morgan fingerprint density at radius 3 is 2.09 bits per heavy atom. The molecule has 7 heteroatoms. The van der Waals surface area contributed by atoms with Crippen molar-refractivity contribution in [3.05, 3.63) is 17.7 Å². The van der Waals surface area contributed by atoms with Gasteiger partial charge in [0.1, 0.15) is 5.75 Å². The summed E-state index contributed by atoms with van der Waals surface area (Å²) in [5.41, 5.74) is 6.66. The van der Waals surface area contributed by atoms with Crippen LogP contribution < -0.4 is 25.3 Å². The van der Waals surface area contributed by atoms with Crippen LogP contribution in [0.2, 0.25) is 0 Å². The first kappa shape index (κ1) is 21.3. The topological polar surface area (TPSA) is 82.8 Å². The second-order valence-corrected chi connectivity index (χ2v) is 5.47. The number of methoxy groups -OCH3 is 3. The number of benzene rings is 1. The fourth-order valence-corrected chi connectivity index (χ4v) is 2.16. The third-order valence-electron chi connectivity index (χ3n) is 3.30. The smallest absolute Gasteiger partial charge is 0.237 e. The summed E-state index contributed by atoms with van der Waals surface area (Å²) in [4.78, 5) is 12.0. The van der Waals surface area contributed by atoms with Crippen molar-refractivity contribution in [1.82, 2.24) is 5.32 Å². The molecule has 3 N–H and O–H groups in total. The van der Waals surface area contributed by atoms with Crippen molar-refractivity contribution in [3.63, 3.8) is 0 Å². The van der Waals surface area contributed by atoms with E-state index in [1.54, 1.807) is 33.5 Å². The molecule has 0 aliphatic heterocycles. The van der Waals surface area contributed by atoms with Crippen molar-refractivity contribution in [3.8, 4) is 17.2 Å². The summed E-state index contributed by atoms with van der Waals surface area (Å²) in [5.74, 6) is 1.97. The molecule has 0 aliphatic rings. The van der Waals surface area contributed by atoms with E-state index in [2.05, 4.69) is 5.32 Å². The van der Waals surface area contributed by atoms with Crippen molar-refractivity contribution in [1.29, 1.82) is 0 Å². The fourth-order valence-electron chi connectivity index (χ4n) is 2.16. The standard InChI is InChI=1S/C16H26N2O4.ClH/c1-10(2)6-12(17)16(19)18-9-11-7-14(21-4)15(22-5)8-13(11)20-3;/h7-8,10,12H,6,9,17H2,1-5H3,(H,18,19);1H/t12-;/m0./s1. The normalized spacial score (nSPS) is 11.4. The number of carbonyl (C=O) groups is 1. The maximum absolute atomic E-state index is 12.0. The number of hydrogen-bond acceptors (Lipinski definition) is 5. The molecule has 0 bridgehead atoms. The highest BCUT2D eigenvalue weighted by molar-refractivity contribution is 5.85. The van der Waals surface area contributed by atoms with Gasteiger partial charge in [0.05, 0.1) is 27.4 Å². The number of ether oxygens (including phenoxy) is 3. The number of nitrogens with two attached hydrogens (primary N) is 1. The molecule has 0 fully saturated rings. The largest absolute Gasteiger partial charge is 0.496 e. The van der Waals surface area contributed by atoms with Gasteiger partial charge >= 0.3 is 0 Å². The minimum atomic E-state index is -0.508. The van der Waals surface area contributed by atoms with Crippen molar-refractivity contribution in [2.24, 2.45) is 11.7 Å². The first-order chi connectivity index (χ1) is 10.4. The molecular formula is C16H27ClN2O4. The van der Waals surface area contributed by atoms with E-state index in [4.69, 9.17) is 19.9 Å². The Kier molecular flexibility index (Phi) is 9.44. The quantitative estimate of drug-likeness (QED) is 0.753. The van der Waals surface area contributed by atoms with Gasteiger partial charge in [-0.15, -0.1) is 12.4 Å². The summed E-state index contributed by atoms with van der Waals surface area (Å²) in [6.45, 7) is 4.38. The maximum Gasteiger partial charge on any atom is 0.237 e. The zero-order chi connectivity index (χ0) is 16.7. The monoisotopic (exact) mass is 346 g/mol. The Balaban J connectivity index is 0.00000484. The minimum absolute atomic E-state index is 0. The SMILES string of the molecule is COc1cc(OC)c(OC)cc1CNC(=O)[C@@H](N)CC(C)C.Cl. The summed E-state index contributed by atoms with van der Waals surface area (Å²) in [7, 11) is 4.69. The first-order valence-electron chi connectivity index (χ1n) is 7.25. The molecule has 0 aromatic heterocycles. The average Bonchev–Trinajstić information content (AvgIpc) is 2.50. The van der Waals surface area contributed by atoms with Crippen LogP contribution in [0, 0.1) is 5.92 Å². The second-order valence-electron chi connectivity index (χ2n) is 5.47. The number of amides is 1. The first-order valence-corrected chi connectivity index (χ1v) is 7.25. The van der Waals surface area contributed by atoms with Gasteiger partial charge in [-0.3, -0.25) is 4.79 Å². The van der Waals surface area contributed by atoms with Crippen LogP contribution in [0.3, 0.4) is 0 Å². The van der Waals surface area contributed by atoms with Crippen LogP contribution in [0.4, 0.5) is 0 Å². The Bertz CT molecular complexity index is 509. The molecule has 1 aromatic rings. The molecule has 1 rings (SSSR count). The molecule has 0 spiro atoms. The molecule has 0 heterocycles. The Morgan fingerprint density at radius 1 is 1.09 bits per heavy atom. The van der Waals surface area contributed by atoms with E-state index in [0.29, 0.717) is 36.1 Å². The second kappa shape index (κ2) is 10.2. The maximum atomic E-state index is 12.0. The molecule has 0 radical (unpaired) electrons. The van der Waals surface area contributed by atoms with Crippen molar-refractivity contribution < 1.29 is 19.0 Å². The van der Waals surface area contributed by atoms with E-state index in [0.717, 1.165) is 5.56 Å². The van der Waals surface area contributed by atoms with Crippen molar-refractivity contribution >= 4 is 18.3 Å². The molecule has 0 unspecified atom stereocenters. The minimum Gasteiger partial charge on any atom is -0.496 e. The van der Waals surface area contributed by atoms with Gasteiger partial charge in [0, 0.05) is 18.2 Å². The van der Waals surface area contributed by atoms with Gasteiger partial charge in [0.15, 0.2) is 11.5 Å². The van der Waals surface area contributed by atoms with E-state index in [9.17, 15) is 4.79 Å². The number of nitrogens with one attached hydrogen (secondary N) is 1. The highest BCUT2D eigenvalue weighted by atomic mass is 35.5. The number of halogens is 1. The molecule has 132 valence electrons. The third-order valence-corrected chi connectivity index (χ3v) is 3.30. The lowest BCUT2D eigenvalue weighted by molar-refractivity contribution is -0.122. The van der Waals surface area contributed by atoms with Crippen LogP contribution in [-0.4, -0.2) is 33.3 Å². The summed E-state index contributed by atoms with van der Waals surface area (Å²) in [5, 5.41) is 2.83. The predicted molar refractivity (Wildman–Crippen MR) is 92.6 cm³/mol. The lowest BCUT2D eigenvalue weighted by atomic mass is 10.0. The zero-order valence-corrected chi connectivity index (χ0v) is 15.2. The molecule has 0 saturated carbocycles. The lowest BCUT2D eigenvalue weighted by Crippen LogP contribution is -2.41. The lowest BCUT2D eigenvalue weighted by Gasteiger charge is -2.17. The van der Waals surface area contributed by atoms with Gasteiger partial charge in [0.2, 0.25) is 5.91 Å². The van der Waals surface area contributed by atoms with Gasteiger partial charge in [-0.2, -0.15) is 0 Å². The molecule has 1 atom stereocenters. The van der Waals surface area contributed by atoms with Crippen LogP contribution in [0.15, 0.2) is 12.1 Å².